The Balaban J connectivity index is 1.35. The fraction of sp³-hybridized carbons (Fsp3) is 0.421. The first kappa shape index (κ1) is 33.6. The molecule has 0 radical (unpaired) electrons. The Bertz CT molecular complexity index is 1690. The van der Waals surface area contributed by atoms with E-state index in [1.54, 1.807) is 11.8 Å². The first-order valence-electron chi connectivity index (χ1n) is 16.7. The largest absolute Gasteiger partial charge is 0.465 e. The standard InChI is InChI=1S/C38H43N3O6S/c1-5-46-35(43)23-40-32-21-29(16-17-33(32)48-24-34(40)42)41(28-14-15-28)36(44)31-22-39(37(45)47-38(2,3)4)19-18-30(31)27-13-9-12-26(20-27)25-10-7-6-8-11-25/h6-13,16-17,20-21,28,30-31H,5,14-15,18-19,22-24H2,1-4H3/t30-,31+/m1/s1. The van der Waals surface area contributed by atoms with E-state index in [2.05, 4.69) is 30.3 Å². The Morgan fingerprint density at radius 2 is 1.69 bits per heavy atom. The van der Waals surface area contributed by atoms with E-state index in [1.807, 2.05) is 68.1 Å². The minimum Gasteiger partial charge on any atom is -0.465 e. The molecule has 0 aromatic heterocycles. The number of carbonyl (C=O) groups is 4. The highest BCUT2D eigenvalue weighted by Crippen LogP contribution is 2.43. The van der Waals surface area contributed by atoms with E-state index in [-0.39, 0.29) is 49.2 Å². The zero-order chi connectivity index (χ0) is 34.0. The van der Waals surface area contributed by atoms with Crippen molar-refractivity contribution in [2.75, 3.05) is 41.8 Å². The van der Waals surface area contributed by atoms with Gasteiger partial charge in [-0.25, -0.2) is 4.79 Å². The number of piperidine rings is 1. The third-order valence-corrected chi connectivity index (χ3v) is 9.96. The maximum Gasteiger partial charge on any atom is 0.410 e. The maximum absolute atomic E-state index is 14.9. The van der Waals surface area contributed by atoms with Crippen LogP contribution in [-0.4, -0.2) is 72.4 Å². The number of likely N-dealkylation sites (tertiary alicyclic amines) is 1. The molecule has 2 atom stereocenters. The number of nitrogens with zero attached hydrogens (tertiary/aromatic N) is 3. The summed E-state index contributed by atoms with van der Waals surface area (Å²) in [7, 11) is 0. The number of hydrogen-bond acceptors (Lipinski definition) is 7. The van der Waals surface area contributed by atoms with Gasteiger partial charge in [0.25, 0.3) is 0 Å². The average Bonchev–Trinajstić information content (AvgIpc) is 3.91. The highest BCUT2D eigenvalue weighted by molar-refractivity contribution is 8.00. The summed E-state index contributed by atoms with van der Waals surface area (Å²) in [6.07, 6.45) is 1.91. The monoisotopic (exact) mass is 669 g/mol. The lowest BCUT2D eigenvalue weighted by molar-refractivity contribution is -0.142. The molecular weight excluding hydrogens is 627 g/mol. The van der Waals surface area contributed by atoms with Gasteiger partial charge in [-0.2, -0.15) is 0 Å². The van der Waals surface area contributed by atoms with E-state index in [0.717, 1.165) is 34.4 Å². The Kier molecular flexibility index (Phi) is 9.83. The summed E-state index contributed by atoms with van der Waals surface area (Å²) in [5.41, 5.74) is 3.85. The minimum atomic E-state index is -0.661. The van der Waals surface area contributed by atoms with Gasteiger partial charge in [-0.1, -0.05) is 54.6 Å². The van der Waals surface area contributed by atoms with Crippen LogP contribution in [0.5, 0.6) is 0 Å². The van der Waals surface area contributed by atoms with Crippen molar-refractivity contribution in [3.8, 4) is 11.1 Å². The Morgan fingerprint density at radius 1 is 0.938 bits per heavy atom. The normalized spacial score (nSPS) is 19.4. The molecule has 3 amide bonds. The molecule has 2 heterocycles. The Morgan fingerprint density at radius 3 is 2.40 bits per heavy atom. The summed E-state index contributed by atoms with van der Waals surface area (Å²) < 4.78 is 10.9. The molecule has 0 N–H and O–H groups in total. The summed E-state index contributed by atoms with van der Waals surface area (Å²) in [6.45, 7) is 8.00. The van der Waals surface area contributed by atoms with Gasteiger partial charge in [0.2, 0.25) is 11.8 Å². The van der Waals surface area contributed by atoms with Crippen molar-refractivity contribution in [2.24, 2.45) is 5.92 Å². The number of anilines is 2. The second kappa shape index (κ2) is 14.0. The number of ether oxygens (including phenoxy) is 2. The number of thioether (sulfide) groups is 1. The van der Waals surface area contributed by atoms with Crippen LogP contribution in [-0.2, 0) is 23.9 Å². The molecule has 3 aromatic rings. The van der Waals surface area contributed by atoms with Gasteiger partial charge in [0.1, 0.15) is 12.1 Å². The van der Waals surface area contributed by atoms with Crippen LogP contribution in [0.2, 0.25) is 0 Å². The predicted octanol–water partition coefficient (Wildman–Crippen LogP) is 6.89. The summed E-state index contributed by atoms with van der Waals surface area (Å²) in [6, 6.07) is 24.3. The van der Waals surface area contributed by atoms with Crippen LogP contribution in [0, 0.1) is 5.92 Å². The van der Waals surface area contributed by atoms with Crippen LogP contribution in [0.1, 0.15) is 58.4 Å². The van der Waals surface area contributed by atoms with Gasteiger partial charge in [0, 0.05) is 29.7 Å². The second-order valence-electron chi connectivity index (χ2n) is 13.6. The SMILES string of the molecule is CCOC(=O)CN1C(=O)CSc2ccc(N(C(=O)[C@H]3CN(C(=O)OC(C)(C)C)CC[C@@H]3c3cccc(-c4ccccc4)c3)C3CC3)cc21. The van der Waals surface area contributed by atoms with Gasteiger partial charge in [0.15, 0.2) is 0 Å². The molecule has 3 aliphatic rings. The van der Waals surface area contributed by atoms with Crippen molar-refractivity contribution in [3.05, 3.63) is 78.4 Å². The summed E-state index contributed by atoms with van der Waals surface area (Å²) in [5.74, 6) is -1.15. The molecular formula is C38H43N3O6S. The molecule has 0 bridgehead atoms. The van der Waals surface area contributed by atoms with E-state index >= 15 is 0 Å². The van der Waals surface area contributed by atoms with Gasteiger partial charge in [0.05, 0.1) is 24.0 Å². The number of carbonyl (C=O) groups excluding carboxylic acids is 4. The fourth-order valence-electron chi connectivity index (χ4n) is 6.55. The van der Waals surface area contributed by atoms with Crippen LogP contribution in [0.25, 0.3) is 11.1 Å². The quantitative estimate of drug-likeness (QED) is 0.241. The van der Waals surface area contributed by atoms with Crippen molar-refractivity contribution in [3.63, 3.8) is 0 Å². The van der Waals surface area contributed by atoms with E-state index in [4.69, 9.17) is 9.47 Å². The predicted molar refractivity (Wildman–Crippen MR) is 187 cm³/mol. The number of esters is 1. The Labute approximate surface area is 286 Å². The zero-order valence-corrected chi connectivity index (χ0v) is 28.8. The lowest BCUT2D eigenvalue weighted by Crippen LogP contribution is -2.51. The summed E-state index contributed by atoms with van der Waals surface area (Å²) >= 11 is 1.42. The molecule has 9 nitrogen and oxygen atoms in total. The molecule has 2 aliphatic heterocycles. The van der Waals surface area contributed by atoms with Crippen molar-refractivity contribution >= 4 is 47.0 Å². The molecule has 0 unspecified atom stereocenters. The molecule has 2 fully saturated rings. The molecule has 0 spiro atoms. The minimum absolute atomic E-state index is 0.00853. The zero-order valence-electron chi connectivity index (χ0n) is 28.0. The van der Waals surface area contributed by atoms with Crippen molar-refractivity contribution in [1.82, 2.24) is 4.90 Å². The third-order valence-electron chi connectivity index (χ3n) is 8.91. The van der Waals surface area contributed by atoms with Crippen LogP contribution in [0.4, 0.5) is 16.2 Å². The molecule has 1 saturated carbocycles. The molecule has 48 heavy (non-hydrogen) atoms. The van der Waals surface area contributed by atoms with Gasteiger partial charge in [-0.3, -0.25) is 19.3 Å². The van der Waals surface area contributed by atoms with E-state index in [1.165, 1.54) is 16.7 Å². The van der Waals surface area contributed by atoms with Gasteiger partial charge >= 0.3 is 12.1 Å². The maximum atomic E-state index is 14.9. The smallest absolute Gasteiger partial charge is 0.410 e. The van der Waals surface area contributed by atoms with Crippen LogP contribution in [0.15, 0.2) is 77.7 Å². The van der Waals surface area contributed by atoms with Crippen molar-refractivity contribution in [1.29, 1.82) is 0 Å². The lowest BCUT2D eigenvalue weighted by atomic mass is 9.79. The second-order valence-corrected chi connectivity index (χ2v) is 14.6. The van der Waals surface area contributed by atoms with Crippen LogP contribution < -0.4 is 9.80 Å². The first-order chi connectivity index (χ1) is 23.0. The molecule has 6 rings (SSSR count). The molecule has 252 valence electrons. The first-order valence-corrected chi connectivity index (χ1v) is 17.7. The summed E-state index contributed by atoms with van der Waals surface area (Å²) in [4.78, 5) is 59.6. The number of benzene rings is 3. The van der Waals surface area contributed by atoms with Gasteiger partial charge in [-0.05, 0) is 87.8 Å². The Hall–Kier alpha value is -4.31. The number of fused-ring (bicyclic) bond motifs is 1. The van der Waals surface area contributed by atoms with Gasteiger partial charge < -0.3 is 19.3 Å². The van der Waals surface area contributed by atoms with E-state index in [0.29, 0.717) is 24.3 Å². The fourth-order valence-corrected chi connectivity index (χ4v) is 7.47. The summed E-state index contributed by atoms with van der Waals surface area (Å²) in [5, 5.41) is 0. The highest BCUT2D eigenvalue weighted by Gasteiger charge is 2.44. The number of rotatable bonds is 8. The lowest BCUT2D eigenvalue weighted by Gasteiger charge is -2.41. The average molecular weight is 670 g/mol. The van der Waals surface area contributed by atoms with Crippen molar-refractivity contribution < 1.29 is 28.7 Å². The molecule has 1 saturated heterocycles. The van der Waals surface area contributed by atoms with Gasteiger partial charge in [-0.15, -0.1) is 11.8 Å². The molecule has 1 aliphatic carbocycles. The van der Waals surface area contributed by atoms with E-state index in [9.17, 15) is 19.2 Å². The number of hydrogen-bond donors (Lipinski definition) is 0. The number of amides is 3. The molecule has 3 aromatic carbocycles. The van der Waals surface area contributed by atoms with Crippen molar-refractivity contribution in [2.45, 2.75) is 69.4 Å². The molecule has 10 heteroatoms. The topological polar surface area (TPSA) is 96.5 Å². The van der Waals surface area contributed by atoms with Crippen LogP contribution in [0.3, 0.4) is 0 Å². The van der Waals surface area contributed by atoms with Crippen LogP contribution >= 0.6 is 11.8 Å². The van der Waals surface area contributed by atoms with E-state index < -0.39 is 23.6 Å². The third kappa shape index (κ3) is 7.54. The highest BCUT2D eigenvalue weighted by atomic mass is 32.2.